The molecule has 4 nitrogen and oxygen atoms in total. The molecule has 0 aromatic heterocycles. The smallest absolute Gasteiger partial charge is 0.226 e. The number of hydrogen-bond donors (Lipinski definition) is 1. The van der Waals surface area contributed by atoms with Crippen LogP contribution >= 0.6 is 11.6 Å². The van der Waals surface area contributed by atoms with Gasteiger partial charge in [-0.25, -0.2) is 0 Å². The molecule has 1 heterocycles. The van der Waals surface area contributed by atoms with Gasteiger partial charge in [-0.3, -0.25) is 4.79 Å². The first kappa shape index (κ1) is 15.1. The van der Waals surface area contributed by atoms with Crippen LogP contribution in [0.15, 0.2) is 24.3 Å². The van der Waals surface area contributed by atoms with E-state index in [-0.39, 0.29) is 5.91 Å². The van der Waals surface area contributed by atoms with Crippen molar-refractivity contribution in [3.05, 3.63) is 29.3 Å². The maximum atomic E-state index is 12.1. The lowest BCUT2D eigenvalue weighted by atomic mass is 10.1. The highest BCUT2D eigenvalue weighted by Gasteiger charge is 2.24. The Morgan fingerprint density at radius 2 is 1.90 bits per heavy atom. The summed E-state index contributed by atoms with van der Waals surface area (Å²) in [5.74, 6) is 0.892. The van der Waals surface area contributed by atoms with Crippen molar-refractivity contribution in [2.45, 2.75) is 32.4 Å². The first-order valence-corrected chi connectivity index (χ1v) is 7.34. The number of hydrogen-bond acceptors (Lipinski definition) is 3. The second kappa shape index (κ2) is 6.95. The fourth-order valence-electron chi connectivity index (χ4n) is 2.48. The molecule has 5 heteroatoms. The summed E-state index contributed by atoms with van der Waals surface area (Å²) in [5.41, 5.74) is 0. The van der Waals surface area contributed by atoms with Gasteiger partial charge in [0.25, 0.3) is 0 Å². The van der Waals surface area contributed by atoms with E-state index in [9.17, 15) is 4.79 Å². The van der Waals surface area contributed by atoms with Crippen molar-refractivity contribution in [3.63, 3.8) is 0 Å². The summed E-state index contributed by atoms with van der Waals surface area (Å²) < 4.78 is 5.55. The lowest BCUT2D eigenvalue weighted by Gasteiger charge is -2.36. The van der Waals surface area contributed by atoms with Gasteiger partial charge in [-0.15, -0.1) is 0 Å². The van der Waals surface area contributed by atoms with Gasteiger partial charge in [0.1, 0.15) is 5.75 Å². The zero-order valence-corrected chi connectivity index (χ0v) is 12.7. The molecule has 0 aliphatic carbocycles. The second-order valence-electron chi connectivity index (χ2n) is 5.32. The Balaban J connectivity index is 1.76. The summed E-state index contributed by atoms with van der Waals surface area (Å²) in [6.07, 6.45) is 0.405. The second-order valence-corrected chi connectivity index (χ2v) is 5.76. The Morgan fingerprint density at radius 1 is 1.30 bits per heavy atom. The maximum Gasteiger partial charge on any atom is 0.226 e. The van der Waals surface area contributed by atoms with Crippen LogP contribution in [0.4, 0.5) is 0 Å². The number of carbonyl (C=O) groups is 1. The molecule has 1 aromatic carbocycles. The molecule has 2 atom stereocenters. The van der Waals surface area contributed by atoms with Crippen molar-refractivity contribution in [1.82, 2.24) is 10.2 Å². The van der Waals surface area contributed by atoms with E-state index in [4.69, 9.17) is 16.3 Å². The fraction of sp³-hybridized carbons (Fsp3) is 0.533. The molecule has 0 unspecified atom stereocenters. The van der Waals surface area contributed by atoms with Crippen LogP contribution in [0.5, 0.6) is 5.75 Å². The molecule has 1 N–H and O–H groups in total. The van der Waals surface area contributed by atoms with Crippen LogP contribution in [0.1, 0.15) is 20.3 Å². The van der Waals surface area contributed by atoms with E-state index in [0.29, 0.717) is 30.1 Å². The molecule has 1 aliphatic rings. The van der Waals surface area contributed by atoms with Crippen LogP contribution in [0.3, 0.4) is 0 Å². The minimum absolute atomic E-state index is 0.152. The van der Waals surface area contributed by atoms with Gasteiger partial charge < -0.3 is 15.0 Å². The number of carbonyl (C=O) groups excluding carboxylic acids is 1. The Hall–Kier alpha value is -1.26. The van der Waals surface area contributed by atoms with Gasteiger partial charge in [0, 0.05) is 30.2 Å². The van der Waals surface area contributed by atoms with Crippen molar-refractivity contribution in [2.24, 2.45) is 0 Å². The molecule has 2 rings (SSSR count). The number of ether oxygens (including phenoxy) is 1. The molecule has 1 saturated heterocycles. The Bertz CT molecular complexity index is 440. The van der Waals surface area contributed by atoms with Crippen molar-refractivity contribution in [2.75, 3.05) is 19.7 Å². The minimum Gasteiger partial charge on any atom is -0.493 e. The largest absolute Gasteiger partial charge is 0.493 e. The highest BCUT2D eigenvalue weighted by Crippen LogP contribution is 2.15. The van der Waals surface area contributed by atoms with Gasteiger partial charge in [-0.05, 0) is 38.1 Å². The highest BCUT2D eigenvalue weighted by molar-refractivity contribution is 6.30. The summed E-state index contributed by atoms with van der Waals surface area (Å²) in [4.78, 5) is 14.0. The van der Waals surface area contributed by atoms with E-state index in [2.05, 4.69) is 19.2 Å². The molecule has 1 amide bonds. The topological polar surface area (TPSA) is 41.6 Å². The summed E-state index contributed by atoms with van der Waals surface area (Å²) in [6.45, 7) is 6.13. The van der Waals surface area contributed by atoms with Crippen LogP contribution in [-0.2, 0) is 4.79 Å². The summed E-state index contributed by atoms with van der Waals surface area (Å²) in [6, 6.07) is 7.86. The molecule has 0 bridgehead atoms. The monoisotopic (exact) mass is 296 g/mol. The van der Waals surface area contributed by atoms with Crippen LogP contribution in [0, 0.1) is 0 Å². The van der Waals surface area contributed by atoms with Crippen LogP contribution in [-0.4, -0.2) is 42.6 Å². The first-order valence-electron chi connectivity index (χ1n) is 6.97. The number of rotatable bonds is 4. The van der Waals surface area contributed by atoms with Crippen molar-refractivity contribution in [1.29, 1.82) is 0 Å². The van der Waals surface area contributed by atoms with Crippen LogP contribution in [0.2, 0.25) is 5.02 Å². The predicted octanol–water partition coefficient (Wildman–Crippen LogP) is 2.32. The highest BCUT2D eigenvalue weighted by atomic mass is 35.5. The van der Waals surface area contributed by atoms with E-state index in [1.165, 1.54) is 0 Å². The van der Waals surface area contributed by atoms with Crippen molar-refractivity contribution < 1.29 is 9.53 Å². The molecule has 0 saturated carbocycles. The SMILES string of the molecule is C[C@H]1CN(C(=O)CCOc2ccc(Cl)cc2)C[C@H](C)N1. The Labute approximate surface area is 125 Å². The first-order chi connectivity index (χ1) is 9.54. The maximum absolute atomic E-state index is 12.1. The fourth-order valence-corrected chi connectivity index (χ4v) is 2.60. The zero-order chi connectivity index (χ0) is 14.5. The van der Waals surface area contributed by atoms with Crippen LogP contribution < -0.4 is 10.1 Å². The standard InChI is InChI=1S/C15H21ClN2O2/c1-11-9-18(10-12(2)17-11)15(19)7-8-20-14-5-3-13(16)4-6-14/h3-6,11-12,17H,7-10H2,1-2H3/t11-,12-/m0/s1. The number of nitrogens with zero attached hydrogens (tertiary/aromatic N) is 1. The van der Waals surface area contributed by atoms with E-state index in [1.807, 2.05) is 17.0 Å². The summed E-state index contributed by atoms with van der Waals surface area (Å²) in [5, 5.41) is 4.09. The van der Waals surface area contributed by atoms with Crippen molar-refractivity contribution in [3.8, 4) is 5.75 Å². The molecule has 110 valence electrons. The molecule has 1 aromatic rings. The van der Waals surface area contributed by atoms with Gasteiger partial charge in [0.15, 0.2) is 0 Å². The third-order valence-corrected chi connectivity index (χ3v) is 3.56. The number of halogens is 1. The predicted molar refractivity (Wildman–Crippen MR) is 80.2 cm³/mol. The Morgan fingerprint density at radius 3 is 2.50 bits per heavy atom. The molecular weight excluding hydrogens is 276 g/mol. The van der Waals surface area contributed by atoms with E-state index in [0.717, 1.165) is 18.8 Å². The molecule has 0 radical (unpaired) electrons. The van der Waals surface area contributed by atoms with Crippen molar-refractivity contribution >= 4 is 17.5 Å². The third-order valence-electron chi connectivity index (χ3n) is 3.31. The zero-order valence-electron chi connectivity index (χ0n) is 11.9. The molecule has 0 spiro atoms. The third kappa shape index (κ3) is 4.39. The lowest BCUT2D eigenvalue weighted by molar-refractivity contribution is -0.133. The number of piperazine rings is 1. The summed E-state index contributed by atoms with van der Waals surface area (Å²) in [7, 11) is 0. The van der Waals surface area contributed by atoms with Gasteiger partial charge in [0.05, 0.1) is 13.0 Å². The minimum atomic E-state index is 0.152. The van der Waals surface area contributed by atoms with Gasteiger partial charge in [-0.1, -0.05) is 11.6 Å². The quantitative estimate of drug-likeness (QED) is 0.927. The Kier molecular flexibility index (Phi) is 5.26. The van der Waals surface area contributed by atoms with Gasteiger partial charge >= 0.3 is 0 Å². The van der Waals surface area contributed by atoms with E-state index < -0.39 is 0 Å². The van der Waals surface area contributed by atoms with Gasteiger partial charge in [-0.2, -0.15) is 0 Å². The average Bonchev–Trinajstić information content (AvgIpc) is 2.40. The normalized spacial score (nSPS) is 22.6. The lowest BCUT2D eigenvalue weighted by Crippen LogP contribution is -2.56. The average molecular weight is 297 g/mol. The molecule has 1 fully saturated rings. The molecule has 20 heavy (non-hydrogen) atoms. The number of amides is 1. The van der Waals surface area contributed by atoms with Gasteiger partial charge in [0.2, 0.25) is 5.91 Å². The summed E-state index contributed by atoms with van der Waals surface area (Å²) >= 11 is 5.80. The molecule has 1 aliphatic heterocycles. The molecular formula is C15H21ClN2O2. The van der Waals surface area contributed by atoms with E-state index in [1.54, 1.807) is 12.1 Å². The number of benzene rings is 1. The number of nitrogens with one attached hydrogen (secondary N) is 1. The van der Waals surface area contributed by atoms with Crippen LogP contribution in [0.25, 0.3) is 0 Å². The van der Waals surface area contributed by atoms with E-state index >= 15 is 0 Å².